The summed E-state index contributed by atoms with van der Waals surface area (Å²) in [5.41, 5.74) is 6.40. The second-order valence-corrected chi connectivity index (χ2v) is 4.22. The first-order valence-electron chi connectivity index (χ1n) is 5.26. The highest BCUT2D eigenvalue weighted by molar-refractivity contribution is 6.31. The molecule has 2 N–H and O–H groups in total. The van der Waals surface area contributed by atoms with E-state index in [0.717, 1.165) is 12.8 Å². The van der Waals surface area contributed by atoms with E-state index in [1.165, 1.54) is 6.07 Å². The Morgan fingerprint density at radius 2 is 2.25 bits per heavy atom. The molecule has 1 atom stereocenters. The molecular formula is C12H13ClFNO. The van der Waals surface area contributed by atoms with Gasteiger partial charge in [-0.25, -0.2) is 4.39 Å². The first kappa shape index (κ1) is 11.4. The van der Waals surface area contributed by atoms with Crippen LogP contribution in [-0.2, 0) is 0 Å². The molecule has 1 unspecified atom stereocenters. The molecule has 2 aromatic rings. The average Bonchev–Trinajstić information content (AvgIpc) is 2.69. The van der Waals surface area contributed by atoms with Crippen LogP contribution in [0.5, 0.6) is 0 Å². The summed E-state index contributed by atoms with van der Waals surface area (Å²) < 4.78 is 19.1. The van der Waals surface area contributed by atoms with Gasteiger partial charge in [-0.15, -0.1) is 0 Å². The number of benzene rings is 1. The predicted octanol–water partition coefficient (Wildman–Crippen LogP) is 4.03. The van der Waals surface area contributed by atoms with Crippen LogP contribution in [0.25, 0.3) is 11.0 Å². The molecule has 0 aliphatic carbocycles. The van der Waals surface area contributed by atoms with Crippen LogP contribution >= 0.6 is 11.6 Å². The molecule has 2 rings (SSSR count). The highest BCUT2D eigenvalue weighted by Crippen LogP contribution is 2.30. The van der Waals surface area contributed by atoms with Crippen LogP contribution in [-0.4, -0.2) is 0 Å². The van der Waals surface area contributed by atoms with E-state index in [-0.39, 0.29) is 11.1 Å². The lowest BCUT2D eigenvalue weighted by Gasteiger charge is -2.04. The van der Waals surface area contributed by atoms with E-state index in [0.29, 0.717) is 16.7 Å². The standard InChI is InChI=1S/C12H13ClFNO/c1-2-3-9(15)11-6-7-10(16-11)5-4-8(13)12(7)14/h4-6,9H,2-3,15H2,1H3. The third kappa shape index (κ3) is 1.93. The van der Waals surface area contributed by atoms with Gasteiger partial charge in [0.15, 0.2) is 5.82 Å². The lowest BCUT2D eigenvalue weighted by Crippen LogP contribution is -2.08. The highest BCUT2D eigenvalue weighted by Gasteiger charge is 2.15. The first-order chi connectivity index (χ1) is 7.63. The Kier molecular flexibility index (Phi) is 3.17. The largest absolute Gasteiger partial charge is 0.459 e. The Bertz CT molecular complexity index is 509. The van der Waals surface area contributed by atoms with Gasteiger partial charge in [0.1, 0.15) is 11.3 Å². The second kappa shape index (κ2) is 4.44. The molecule has 1 aromatic heterocycles. The molecule has 0 radical (unpaired) electrons. The number of nitrogens with two attached hydrogens (primary N) is 1. The monoisotopic (exact) mass is 241 g/mol. The zero-order valence-corrected chi connectivity index (χ0v) is 9.72. The Morgan fingerprint density at radius 1 is 1.50 bits per heavy atom. The SMILES string of the molecule is CCCC(N)c1cc2c(F)c(Cl)ccc2o1. The number of hydrogen-bond donors (Lipinski definition) is 1. The zero-order chi connectivity index (χ0) is 11.7. The van der Waals surface area contributed by atoms with Gasteiger partial charge in [0.05, 0.1) is 16.5 Å². The number of rotatable bonds is 3. The minimum atomic E-state index is -0.446. The topological polar surface area (TPSA) is 39.2 Å². The minimum absolute atomic E-state index is 0.101. The van der Waals surface area contributed by atoms with Crippen LogP contribution in [0.4, 0.5) is 4.39 Å². The van der Waals surface area contributed by atoms with Crippen LogP contribution < -0.4 is 5.73 Å². The fourth-order valence-corrected chi connectivity index (χ4v) is 1.87. The third-order valence-electron chi connectivity index (χ3n) is 2.57. The van der Waals surface area contributed by atoms with Crippen LogP contribution in [0.2, 0.25) is 5.02 Å². The Labute approximate surface area is 98.2 Å². The lowest BCUT2D eigenvalue weighted by atomic mass is 10.1. The molecule has 4 heteroatoms. The summed E-state index contributed by atoms with van der Waals surface area (Å²) >= 11 is 5.69. The van der Waals surface area contributed by atoms with Gasteiger partial charge in [-0.05, 0) is 24.6 Å². The molecule has 2 nitrogen and oxygen atoms in total. The summed E-state index contributed by atoms with van der Waals surface area (Å²) in [4.78, 5) is 0. The lowest BCUT2D eigenvalue weighted by molar-refractivity contribution is 0.475. The molecule has 1 aromatic carbocycles. The first-order valence-corrected chi connectivity index (χ1v) is 5.64. The fourth-order valence-electron chi connectivity index (χ4n) is 1.71. The Morgan fingerprint density at radius 3 is 2.94 bits per heavy atom. The van der Waals surface area contributed by atoms with Gasteiger partial charge >= 0.3 is 0 Å². The smallest absolute Gasteiger partial charge is 0.152 e. The predicted molar refractivity (Wildman–Crippen MR) is 63.0 cm³/mol. The summed E-state index contributed by atoms with van der Waals surface area (Å²) in [6, 6.07) is 4.59. The summed E-state index contributed by atoms with van der Waals surface area (Å²) in [5.74, 6) is 0.163. The van der Waals surface area contributed by atoms with Gasteiger partial charge in [-0.1, -0.05) is 24.9 Å². The van der Waals surface area contributed by atoms with Crippen molar-refractivity contribution in [3.63, 3.8) is 0 Å². The van der Waals surface area contributed by atoms with Crippen LogP contribution in [0, 0.1) is 5.82 Å². The van der Waals surface area contributed by atoms with Crippen molar-refractivity contribution in [3.8, 4) is 0 Å². The van der Waals surface area contributed by atoms with Gasteiger partial charge in [0, 0.05) is 0 Å². The fraction of sp³-hybridized carbons (Fsp3) is 0.333. The maximum absolute atomic E-state index is 13.6. The summed E-state index contributed by atoms with van der Waals surface area (Å²) in [6.07, 6.45) is 1.77. The summed E-state index contributed by atoms with van der Waals surface area (Å²) in [7, 11) is 0. The van der Waals surface area contributed by atoms with Crippen LogP contribution in [0.15, 0.2) is 22.6 Å². The molecule has 1 heterocycles. The van der Waals surface area contributed by atoms with Crippen LogP contribution in [0.1, 0.15) is 31.6 Å². The van der Waals surface area contributed by atoms with Crippen molar-refractivity contribution in [2.45, 2.75) is 25.8 Å². The molecule has 0 bridgehead atoms. The average molecular weight is 242 g/mol. The van der Waals surface area contributed by atoms with Crippen LogP contribution in [0.3, 0.4) is 0 Å². The summed E-state index contributed by atoms with van der Waals surface area (Å²) in [5, 5.41) is 0.498. The van der Waals surface area contributed by atoms with Crippen molar-refractivity contribution in [1.82, 2.24) is 0 Å². The number of hydrogen-bond acceptors (Lipinski definition) is 2. The number of furan rings is 1. The van der Waals surface area contributed by atoms with E-state index in [4.69, 9.17) is 21.8 Å². The van der Waals surface area contributed by atoms with E-state index >= 15 is 0 Å². The van der Waals surface area contributed by atoms with Gasteiger partial charge in [-0.2, -0.15) is 0 Å². The molecule has 0 spiro atoms. The minimum Gasteiger partial charge on any atom is -0.459 e. The van der Waals surface area contributed by atoms with Crippen molar-refractivity contribution in [3.05, 3.63) is 34.8 Å². The van der Waals surface area contributed by atoms with Gasteiger partial charge < -0.3 is 10.2 Å². The van der Waals surface area contributed by atoms with E-state index in [1.54, 1.807) is 12.1 Å². The van der Waals surface area contributed by atoms with Crippen molar-refractivity contribution in [2.75, 3.05) is 0 Å². The van der Waals surface area contributed by atoms with E-state index in [2.05, 4.69) is 0 Å². The normalized spacial score (nSPS) is 13.2. The Hall–Kier alpha value is -1.06. The van der Waals surface area contributed by atoms with Gasteiger partial charge in [0.2, 0.25) is 0 Å². The zero-order valence-electron chi connectivity index (χ0n) is 8.97. The Balaban J connectivity index is 2.48. The third-order valence-corrected chi connectivity index (χ3v) is 2.86. The molecule has 0 aliphatic rings. The van der Waals surface area contributed by atoms with Gasteiger partial charge in [0.25, 0.3) is 0 Å². The highest BCUT2D eigenvalue weighted by atomic mass is 35.5. The molecule has 0 fully saturated rings. The maximum atomic E-state index is 13.6. The van der Waals surface area contributed by atoms with E-state index in [9.17, 15) is 4.39 Å². The summed E-state index contributed by atoms with van der Waals surface area (Å²) in [6.45, 7) is 2.04. The molecular weight excluding hydrogens is 229 g/mol. The molecule has 16 heavy (non-hydrogen) atoms. The maximum Gasteiger partial charge on any atom is 0.152 e. The van der Waals surface area contributed by atoms with Crippen molar-refractivity contribution in [2.24, 2.45) is 5.73 Å². The van der Waals surface area contributed by atoms with E-state index < -0.39 is 5.82 Å². The number of halogens is 2. The second-order valence-electron chi connectivity index (χ2n) is 3.82. The quantitative estimate of drug-likeness (QED) is 0.881. The van der Waals surface area contributed by atoms with Crippen molar-refractivity contribution >= 4 is 22.6 Å². The molecule has 0 aliphatic heterocycles. The van der Waals surface area contributed by atoms with Gasteiger partial charge in [-0.3, -0.25) is 0 Å². The van der Waals surface area contributed by atoms with Crippen molar-refractivity contribution in [1.29, 1.82) is 0 Å². The molecule has 0 saturated carbocycles. The van der Waals surface area contributed by atoms with Crippen molar-refractivity contribution < 1.29 is 8.81 Å². The van der Waals surface area contributed by atoms with E-state index in [1.807, 2.05) is 6.92 Å². The molecule has 86 valence electrons. The number of fused-ring (bicyclic) bond motifs is 1. The molecule has 0 saturated heterocycles. The molecule has 0 amide bonds.